The first kappa shape index (κ1) is 16.0. The first-order valence-electron chi connectivity index (χ1n) is 7.24. The molecule has 126 valence electrons. The zero-order valence-electron chi connectivity index (χ0n) is 12.5. The van der Waals surface area contributed by atoms with Crippen molar-refractivity contribution in [1.82, 2.24) is 5.16 Å². The van der Waals surface area contributed by atoms with Gasteiger partial charge in [0.2, 0.25) is 0 Å². The summed E-state index contributed by atoms with van der Waals surface area (Å²) in [6.07, 6.45) is -4.71. The summed E-state index contributed by atoms with van der Waals surface area (Å²) in [5.41, 5.74) is 1.32. The van der Waals surface area contributed by atoms with Crippen LogP contribution in [0.5, 0.6) is 5.75 Å². The Morgan fingerprint density at radius 2 is 1.64 bits per heavy atom. The Morgan fingerprint density at radius 1 is 0.920 bits per heavy atom. The summed E-state index contributed by atoms with van der Waals surface area (Å²) in [5, 5.41) is 6.87. The van der Waals surface area contributed by atoms with Gasteiger partial charge in [0.15, 0.2) is 5.76 Å². The van der Waals surface area contributed by atoms with E-state index >= 15 is 0 Å². The van der Waals surface area contributed by atoms with Crippen LogP contribution in [0.15, 0.2) is 63.6 Å². The maximum absolute atomic E-state index is 12.2. The summed E-state index contributed by atoms with van der Waals surface area (Å²) in [6.45, 7) is 0. The van der Waals surface area contributed by atoms with Gasteiger partial charge in [-0.3, -0.25) is 0 Å². The molecule has 0 amide bonds. The Hall–Kier alpha value is -2.54. The van der Waals surface area contributed by atoms with Crippen molar-refractivity contribution in [2.75, 3.05) is 0 Å². The van der Waals surface area contributed by atoms with Gasteiger partial charge in [-0.2, -0.15) is 0 Å². The van der Waals surface area contributed by atoms with Gasteiger partial charge in [0, 0.05) is 15.4 Å². The molecule has 0 radical (unpaired) electrons. The van der Waals surface area contributed by atoms with Crippen molar-refractivity contribution in [3.05, 3.63) is 59.1 Å². The second-order valence-electron chi connectivity index (χ2n) is 5.41. The molecule has 0 unspecified atom stereocenters. The Morgan fingerprint density at radius 3 is 2.36 bits per heavy atom. The van der Waals surface area contributed by atoms with Crippen LogP contribution in [-0.2, 0) is 0 Å². The van der Waals surface area contributed by atoms with Crippen molar-refractivity contribution in [3.63, 3.8) is 0 Å². The number of benzene rings is 3. The minimum absolute atomic E-state index is 0.282. The molecule has 0 bridgehead atoms. The van der Waals surface area contributed by atoms with E-state index in [1.807, 2.05) is 30.3 Å². The van der Waals surface area contributed by atoms with Crippen molar-refractivity contribution in [2.45, 2.75) is 6.36 Å². The Balaban J connectivity index is 1.78. The molecule has 0 aliphatic carbocycles. The van der Waals surface area contributed by atoms with Crippen LogP contribution in [-0.4, -0.2) is 11.5 Å². The summed E-state index contributed by atoms with van der Waals surface area (Å²) in [7, 11) is 0. The quantitative estimate of drug-likeness (QED) is 0.390. The number of halogens is 4. The summed E-state index contributed by atoms with van der Waals surface area (Å²) in [5.74, 6) is 0.216. The van der Waals surface area contributed by atoms with Crippen molar-refractivity contribution in [3.8, 4) is 17.1 Å². The number of fused-ring (bicyclic) bond motifs is 3. The van der Waals surface area contributed by atoms with Crippen LogP contribution in [0.1, 0.15) is 0 Å². The second kappa shape index (κ2) is 5.77. The van der Waals surface area contributed by atoms with Crippen LogP contribution in [0.2, 0.25) is 0 Å². The third kappa shape index (κ3) is 3.07. The molecule has 0 atom stereocenters. The molecule has 3 nitrogen and oxygen atoms in total. The highest BCUT2D eigenvalue weighted by atomic mass is 79.9. The molecule has 1 heterocycles. The molecule has 0 spiro atoms. The van der Waals surface area contributed by atoms with E-state index in [-0.39, 0.29) is 5.75 Å². The highest BCUT2D eigenvalue weighted by molar-refractivity contribution is 9.10. The first-order chi connectivity index (χ1) is 11.9. The van der Waals surface area contributed by atoms with Crippen molar-refractivity contribution in [2.24, 2.45) is 0 Å². The molecular formula is C18H9BrF3NO2. The zero-order chi connectivity index (χ0) is 17.6. The Bertz CT molecular complexity index is 1070. The van der Waals surface area contributed by atoms with E-state index in [9.17, 15) is 13.2 Å². The van der Waals surface area contributed by atoms with Gasteiger partial charge in [-0.1, -0.05) is 33.2 Å². The second-order valence-corrected chi connectivity index (χ2v) is 6.33. The number of nitrogens with zero attached hydrogens (tertiary/aromatic N) is 1. The van der Waals surface area contributed by atoms with Crippen LogP contribution < -0.4 is 4.74 Å². The predicted octanol–water partition coefficient (Wildman–Crippen LogP) is 6.31. The van der Waals surface area contributed by atoms with Gasteiger partial charge in [-0.15, -0.1) is 13.2 Å². The average Bonchev–Trinajstić information content (AvgIpc) is 2.98. The zero-order valence-corrected chi connectivity index (χ0v) is 14.1. The smallest absolute Gasteiger partial charge is 0.406 e. The van der Waals surface area contributed by atoms with Crippen molar-refractivity contribution >= 4 is 37.6 Å². The fourth-order valence-electron chi connectivity index (χ4n) is 2.72. The SMILES string of the molecule is FC(F)(F)Oc1ccc(-c2onc3c2ccc2cc(Br)ccc23)cc1. The maximum Gasteiger partial charge on any atom is 0.573 e. The van der Waals surface area contributed by atoms with Gasteiger partial charge < -0.3 is 9.26 Å². The molecule has 4 aromatic rings. The van der Waals surface area contributed by atoms with Gasteiger partial charge in [-0.05, 0) is 47.9 Å². The van der Waals surface area contributed by atoms with Gasteiger partial charge in [0.25, 0.3) is 0 Å². The Kier molecular flexibility index (Phi) is 3.68. The van der Waals surface area contributed by atoms with Gasteiger partial charge in [0.1, 0.15) is 11.3 Å². The fourth-order valence-corrected chi connectivity index (χ4v) is 3.10. The summed E-state index contributed by atoms with van der Waals surface area (Å²) >= 11 is 3.43. The number of hydrogen-bond donors (Lipinski definition) is 0. The van der Waals surface area contributed by atoms with Crippen LogP contribution in [0.3, 0.4) is 0 Å². The van der Waals surface area contributed by atoms with E-state index in [0.29, 0.717) is 16.8 Å². The summed E-state index contributed by atoms with van der Waals surface area (Å²) < 4.78 is 47.0. The lowest BCUT2D eigenvalue weighted by atomic mass is 10.0. The molecule has 4 rings (SSSR count). The third-order valence-corrected chi connectivity index (χ3v) is 4.27. The lowest BCUT2D eigenvalue weighted by Gasteiger charge is -2.08. The van der Waals surface area contributed by atoms with E-state index < -0.39 is 6.36 Å². The third-order valence-electron chi connectivity index (χ3n) is 3.78. The number of hydrogen-bond acceptors (Lipinski definition) is 3. The standard InChI is InChI=1S/C18H9BrF3NO2/c19-12-4-8-14-11(9-12)3-7-15-16(14)23-25-17(15)10-1-5-13(6-2-10)24-18(20,21)22/h1-9H. The topological polar surface area (TPSA) is 35.3 Å². The number of aromatic nitrogens is 1. The van der Waals surface area contributed by atoms with E-state index in [0.717, 1.165) is 20.6 Å². The van der Waals surface area contributed by atoms with E-state index in [1.54, 1.807) is 0 Å². The van der Waals surface area contributed by atoms with Crippen LogP contribution in [0.4, 0.5) is 13.2 Å². The van der Waals surface area contributed by atoms with Gasteiger partial charge in [-0.25, -0.2) is 0 Å². The highest BCUT2D eigenvalue weighted by Gasteiger charge is 2.31. The van der Waals surface area contributed by atoms with Crippen molar-refractivity contribution < 1.29 is 22.4 Å². The molecule has 1 aromatic heterocycles. The number of alkyl halides is 3. The van der Waals surface area contributed by atoms with E-state index in [2.05, 4.69) is 25.8 Å². The van der Waals surface area contributed by atoms with E-state index in [4.69, 9.17) is 4.52 Å². The molecule has 0 saturated heterocycles. The van der Waals surface area contributed by atoms with Gasteiger partial charge in [0.05, 0.1) is 5.39 Å². The lowest BCUT2D eigenvalue weighted by molar-refractivity contribution is -0.274. The normalized spacial score (nSPS) is 12.0. The number of rotatable bonds is 2. The summed E-state index contributed by atoms with van der Waals surface area (Å²) in [4.78, 5) is 0. The Labute approximate surface area is 148 Å². The highest BCUT2D eigenvalue weighted by Crippen LogP contribution is 2.35. The minimum atomic E-state index is -4.71. The molecule has 3 aromatic carbocycles. The van der Waals surface area contributed by atoms with E-state index in [1.165, 1.54) is 24.3 Å². The monoisotopic (exact) mass is 407 g/mol. The minimum Gasteiger partial charge on any atom is -0.406 e. The van der Waals surface area contributed by atoms with Crippen LogP contribution >= 0.6 is 15.9 Å². The predicted molar refractivity (Wildman–Crippen MR) is 91.3 cm³/mol. The molecule has 0 saturated carbocycles. The molecular weight excluding hydrogens is 399 g/mol. The lowest BCUT2D eigenvalue weighted by Crippen LogP contribution is -2.16. The maximum atomic E-state index is 12.2. The van der Waals surface area contributed by atoms with Crippen LogP contribution in [0, 0.1) is 0 Å². The molecule has 0 aliphatic heterocycles. The average molecular weight is 408 g/mol. The van der Waals surface area contributed by atoms with Gasteiger partial charge >= 0.3 is 6.36 Å². The molecule has 0 aliphatic rings. The molecule has 25 heavy (non-hydrogen) atoms. The van der Waals surface area contributed by atoms with Crippen molar-refractivity contribution in [1.29, 1.82) is 0 Å². The largest absolute Gasteiger partial charge is 0.573 e. The first-order valence-corrected chi connectivity index (χ1v) is 8.04. The molecule has 7 heteroatoms. The fraction of sp³-hybridized carbons (Fsp3) is 0.0556. The molecule has 0 N–H and O–H groups in total. The number of ether oxygens (including phenoxy) is 1. The molecule has 0 fully saturated rings. The van der Waals surface area contributed by atoms with Crippen LogP contribution in [0.25, 0.3) is 33.0 Å². The summed E-state index contributed by atoms with van der Waals surface area (Å²) in [6, 6.07) is 15.2.